The number of carbonyl (C=O) groups excluding carboxylic acids is 2. The summed E-state index contributed by atoms with van der Waals surface area (Å²) in [6.07, 6.45) is 0. The summed E-state index contributed by atoms with van der Waals surface area (Å²) in [5.74, 6) is 0.297. The summed E-state index contributed by atoms with van der Waals surface area (Å²) < 4.78 is 15.5. The van der Waals surface area contributed by atoms with Gasteiger partial charge in [0.25, 0.3) is 5.91 Å². The van der Waals surface area contributed by atoms with E-state index >= 15 is 0 Å². The summed E-state index contributed by atoms with van der Waals surface area (Å²) in [5, 5.41) is 3.50. The summed E-state index contributed by atoms with van der Waals surface area (Å²) in [5.41, 5.74) is 1.64. The highest BCUT2D eigenvalue weighted by atomic mass is 16.5. The largest absolute Gasteiger partial charge is 0.497 e. The van der Waals surface area contributed by atoms with Crippen molar-refractivity contribution in [2.75, 3.05) is 20.8 Å². The molecular formula is C21H20N2O5. The van der Waals surface area contributed by atoms with E-state index in [1.165, 1.54) is 13.2 Å². The number of hydrogen-bond acceptors (Lipinski definition) is 6. The van der Waals surface area contributed by atoms with Crippen LogP contribution < -0.4 is 14.8 Å². The Morgan fingerprint density at radius 3 is 2.50 bits per heavy atom. The van der Waals surface area contributed by atoms with Gasteiger partial charge >= 0.3 is 5.97 Å². The van der Waals surface area contributed by atoms with Crippen molar-refractivity contribution < 1.29 is 23.8 Å². The maximum absolute atomic E-state index is 12.2. The number of fused-ring (bicyclic) bond motifs is 1. The minimum Gasteiger partial charge on any atom is -0.497 e. The third kappa shape index (κ3) is 4.56. The number of rotatable bonds is 7. The maximum atomic E-state index is 12.2. The van der Waals surface area contributed by atoms with Gasteiger partial charge in [-0.05, 0) is 29.8 Å². The van der Waals surface area contributed by atoms with Gasteiger partial charge in [0.2, 0.25) is 0 Å². The molecule has 7 nitrogen and oxygen atoms in total. The molecule has 0 atom stereocenters. The molecule has 0 fully saturated rings. The van der Waals surface area contributed by atoms with Crippen LogP contribution in [0.4, 0.5) is 0 Å². The van der Waals surface area contributed by atoms with Crippen LogP contribution in [-0.4, -0.2) is 37.7 Å². The molecule has 7 heteroatoms. The number of carbonyl (C=O) groups is 2. The molecule has 1 amide bonds. The van der Waals surface area contributed by atoms with Crippen LogP contribution in [-0.2, 0) is 16.1 Å². The van der Waals surface area contributed by atoms with Gasteiger partial charge < -0.3 is 19.5 Å². The Hall–Kier alpha value is -3.61. The molecule has 0 saturated carbocycles. The first-order chi connectivity index (χ1) is 13.6. The smallest absolute Gasteiger partial charge is 0.356 e. The number of nitrogens with zero attached hydrogens (tertiary/aromatic N) is 1. The van der Waals surface area contributed by atoms with Crippen molar-refractivity contribution in [1.29, 1.82) is 0 Å². The Morgan fingerprint density at radius 2 is 1.79 bits per heavy atom. The molecule has 0 bridgehead atoms. The van der Waals surface area contributed by atoms with E-state index in [0.29, 0.717) is 23.2 Å². The van der Waals surface area contributed by atoms with E-state index in [2.05, 4.69) is 10.3 Å². The van der Waals surface area contributed by atoms with Crippen LogP contribution in [0.5, 0.6) is 11.5 Å². The lowest BCUT2D eigenvalue weighted by Crippen LogP contribution is -2.28. The van der Waals surface area contributed by atoms with Crippen LogP contribution >= 0.6 is 0 Å². The first kappa shape index (κ1) is 19.2. The number of aromatic nitrogens is 1. The van der Waals surface area contributed by atoms with Crippen LogP contribution in [0.3, 0.4) is 0 Å². The maximum Gasteiger partial charge on any atom is 0.356 e. The van der Waals surface area contributed by atoms with Gasteiger partial charge in [0, 0.05) is 18.0 Å². The van der Waals surface area contributed by atoms with E-state index in [1.807, 2.05) is 42.5 Å². The molecule has 0 spiro atoms. The summed E-state index contributed by atoms with van der Waals surface area (Å²) in [4.78, 5) is 28.2. The predicted molar refractivity (Wildman–Crippen MR) is 103 cm³/mol. The number of para-hydroxylation sites is 1. The highest BCUT2D eigenvalue weighted by Gasteiger charge is 2.14. The van der Waals surface area contributed by atoms with Crippen molar-refractivity contribution in [3.63, 3.8) is 0 Å². The highest BCUT2D eigenvalue weighted by Crippen LogP contribution is 2.25. The molecule has 0 saturated heterocycles. The van der Waals surface area contributed by atoms with Crippen molar-refractivity contribution in [3.05, 3.63) is 65.9 Å². The molecule has 3 aromatic rings. The number of pyridine rings is 1. The predicted octanol–water partition coefficient (Wildman–Crippen LogP) is 2.73. The second kappa shape index (κ2) is 8.85. The average Bonchev–Trinajstić information content (AvgIpc) is 2.75. The van der Waals surface area contributed by atoms with Gasteiger partial charge in [-0.1, -0.05) is 24.3 Å². The molecule has 144 valence electrons. The van der Waals surface area contributed by atoms with Crippen LogP contribution in [0, 0.1) is 0 Å². The van der Waals surface area contributed by atoms with Crippen LogP contribution in [0.1, 0.15) is 16.1 Å². The molecule has 0 aliphatic rings. The molecule has 1 N–H and O–H groups in total. The van der Waals surface area contributed by atoms with Crippen molar-refractivity contribution >= 4 is 22.8 Å². The molecule has 28 heavy (non-hydrogen) atoms. The Bertz CT molecular complexity index is 986. The van der Waals surface area contributed by atoms with Crippen molar-refractivity contribution in [2.24, 2.45) is 0 Å². The van der Waals surface area contributed by atoms with Gasteiger partial charge in [-0.15, -0.1) is 0 Å². The monoisotopic (exact) mass is 380 g/mol. The van der Waals surface area contributed by atoms with Gasteiger partial charge in [0.15, 0.2) is 12.3 Å². The third-order valence-electron chi connectivity index (χ3n) is 4.08. The summed E-state index contributed by atoms with van der Waals surface area (Å²) in [6, 6.07) is 16.1. The zero-order chi connectivity index (χ0) is 19.9. The normalized spacial score (nSPS) is 10.4. The zero-order valence-corrected chi connectivity index (χ0v) is 15.6. The number of benzene rings is 2. The summed E-state index contributed by atoms with van der Waals surface area (Å²) in [6.45, 7) is 0.182. The summed E-state index contributed by atoms with van der Waals surface area (Å²) >= 11 is 0. The third-order valence-corrected chi connectivity index (χ3v) is 4.08. The molecule has 0 radical (unpaired) electrons. The topological polar surface area (TPSA) is 86.8 Å². The van der Waals surface area contributed by atoms with Crippen LogP contribution in [0.25, 0.3) is 10.9 Å². The van der Waals surface area contributed by atoms with Gasteiger partial charge in [-0.2, -0.15) is 0 Å². The number of amides is 1. The standard InChI is InChI=1S/C21H20N2O5/c1-26-15-9-7-14(8-10-15)12-22-20(24)13-28-19-11-18(21(25)27-2)23-17-6-4-3-5-16(17)19/h3-11H,12-13H2,1-2H3,(H,22,24). The second-order valence-corrected chi connectivity index (χ2v) is 5.93. The molecule has 3 rings (SSSR count). The van der Waals surface area contributed by atoms with Gasteiger partial charge in [0.05, 0.1) is 19.7 Å². The molecule has 1 aromatic heterocycles. The Kier molecular flexibility index (Phi) is 6.06. The van der Waals surface area contributed by atoms with Gasteiger partial charge in [-0.25, -0.2) is 9.78 Å². The lowest BCUT2D eigenvalue weighted by molar-refractivity contribution is -0.123. The van der Waals surface area contributed by atoms with Crippen molar-refractivity contribution in [1.82, 2.24) is 10.3 Å². The molecule has 2 aromatic carbocycles. The van der Waals surface area contributed by atoms with E-state index in [4.69, 9.17) is 14.2 Å². The average molecular weight is 380 g/mol. The second-order valence-electron chi connectivity index (χ2n) is 5.93. The van der Waals surface area contributed by atoms with E-state index in [-0.39, 0.29) is 18.2 Å². The van der Waals surface area contributed by atoms with E-state index < -0.39 is 5.97 Å². The molecule has 1 heterocycles. The minimum atomic E-state index is -0.570. The van der Waals surface area contributed by atoms with Crippen molar-refractivity contribution in [3.8, 4) is 11.5 Å². The number of hydrogen-bond donors (Lipinski definition) is 1. The lowest BCUT2D eigenvalue weighted by atomic mass is 10.2. The zero-order valence-electron chi connectivity index (χ0n) is 15.6. The lowest BCUT2D eigenvalue weighted by Gasteiger charge is -2.11. The summed E-state index contributed by atoms with van der Waals surface area (Å²) in [7, 11) is 2.88. The quantitative estimate of drug-likeness (QED) is 0.634. The first-order valence-electron chi connectivity index (χ1n) is 8.61. The van der Waals surface area contributed by atoms with Crippen molar-refractivity contribution in [2.45, 2.75) is 6.54 Å². The van der Waals surface area contributed by atoms with E-state index in [0.717, 1.165) is 11.3 Å². The van der Waals surface area contributed by atoms with Gasteiger partial charge in [-0.3, -0.25) is 4.79 Å². The van der Waals surface area contributed by atoms with E-state index in [9.17, 15) is 9.59 Å². The number of ether oxygens (including phenoxy) is 3. The van der Waals surface area contributed by atoms with Crippen LogP contribution in [0.15, 0.2) is 54.6 Å². The minimum absolute atomic E-state index is 0.120. The molecular weight excluding hydrogens is 360 g/mol. The van der Waals surface area contributed by atoms with Gasteiger partial charge in [0.1, 0.15) is 11.5 Å². The first-order valence-corrected chi connectivity index (χ1v) is 8.61. The van der Waals surface area contributed by atoms with Crippen LogP contribution in [0.2, 0.25) is 0 Å². The SMILES string of the molecule is COC(=O)c1cc(OCC(=O)NCc2ccc(OC)cc2)c2ccccc2n1. The fourth-order valence-corrected chi connectivity index (χ4v) is 2.61. The number of methoxy groups -OCH3 is 2. The Morgan fingerprint density at radius 1 is 1.04 bits per heavy atom. The highest BCUT2D eigenvalue weighted by molar-refractivity contribution is 5.94. The Labute approximate surface area is 162 Å². The molecule has 0 aliphatic carbocycles. The molecule has 0 aliphatic heterocycles. The fourth-order valence-electron chi connectivity index (χ4n) is 2.61. The number of nitrogens with one attached hydrogen (secondary N) is 1. The molecule has 0 unspecified atom stereocenters. The number of esters is 1. The van der Waals surface area contributed by atoms with E-state index in [1.54, 1.807) is 13.2 Å². The Balaban J connectivity index is 1.66. The fraction of sp³-hybridized carbons (Fsp3) is 0.190.